The van der Waals surface area contributed by atoms with E-state index in [0.717, 1.165) is 32.0 Å². The van der Waals surface area contributed by atoms with E-state index in [1.807, 2.05) is 7.05 Å². The van der Waals surface area contributed by atoms with Gasteiger partial charge in [-0.15, -0.1) is 0 Å². The van der Waals surface area contributed by atoms with Crippen molar-refractivity contribution in [2.45, 2.75) is 38.0 Å². The fraction of sp³-hybridized carbons (Fsp3) is 0.667. The van der Waals surface area contributed by atoms with Crippen molar-refractivity contribution in [2.75, 3.05) is 52.9 Å². The topological polar surface area (TPSA) is 46.1 Å². The number of nitrogens with zero attached hydrogens (tertiary/aromatic N) is 4. The predicted octanol–water partition coefficient (Wildman–Crippen LogP) is 0.814. The molecule has 1 aromatic carbocycles. The molecular weight excluding hydrogens is 336 g/mol. The first-order valence-electron chi connectivity index (χ1n) is 10.4. The number of likely N-dealkylation sites (tertiary alicyclic amines) is 1. The molecule has 3 unspecified atom stereocenters. The zero-order valence-corrected chi connectivity index (χ0v) is 16.8. The Labute approximate surface area is 163 Å². The molecule has 2 bridgehead atoms. The van der Waals surface area contributed by atoms with Gasteiger partial charge in [0.05, 0.1) is 0 Å². The van der Waals surface area contributed by atoms with Crippen molar-refractivity contribution in [3.05, 3.63) is 35.9 Å². The molecule has 148 valence electrons. The molecule has 4 fully saturated rings. The van der Waals surface area contributed by atoms with Crippen molar-refractivity contribution in [1.82, 2.24) is 25.3 Å². The molecule has 4 aliphatic heterocycles. The van der Waals surface area contributed by atoms with Gasteiger partial charge in [-0.3, -0.25) is 19.7 Å². The lowest BCUT2D eigenvalue weighted by Crippen LogP contribution is -2.64. The number of benzene rings is 1. The summed E-state index contributed by atoms with van der Waals surface area (Å²) in [6.07, 6.45) is 1.16. The Morgan fingerprint density at radius 3 is 2.56 bits per heavy atom. The van der Waals surface area contributed by atoms with E-state index in [9.17, 15) is 0 Å². The molecule has 0 amide bonds. The molecule has 5 rings (SSSR count). The molecule has 1 aromatic rings. The highest BCUT2D eigenvalue weighted by Crippen LogP contribution is 2.20. The van der Waals surface area contributed by atoms with E-state index in [-0.39, 0.29) is 0 Å². The molecule has 0 saturated carbocycles. The number of hydrogen-bond acceptors (Lipinski definition) is 4. The maximum absolute atomic E-state index is 4.48. The number of piperazine rings is 3. The molecule has 4 aliphatic rings. The van der Waals surface area contributed by atoms with Crippen molar-refractivity contribution in [1.29, 1.82) is 0 Å². The minimum Gasteiger partial charge on any atom is -0.355 e. The Hall–Kier alpha value is -1.63. The van der Waals surface area contributed by atoms with Crippen LogP contribution in [0, 0.1) is 0 Å². The number of aliphatic imine (C=N–C) groups is 1. The first-order valence-corrected chi connectivity index (χ1v) is 10.4. The standard InChI is InChI=1S/C21H34N6/c1-17-12-19(15-27(17)14-18-6-4-3-5-7-18)24-21(22-2)23-13-20-16-25-8-10-26(20)11-9-25/h3-7,17,19-20H,8-16H2,1-2H3,(H2,22,23,24). The van der Waals surface area contributed by atoms with Crippen LogP contribution in [0.5, 0.6) is 0 Å². The van der Waals surface area contributed by atoms with Crippen molar-refractivity contribution < 1.29 is 0 Å². The summed E-state index contributed by atoms with van der Waals surface area (Å²) in [5, 5.41) is 7.24. The molecule has 4 heterocycles. The smallest absolute Gasteiger partial charge is 0.191 e. The average Bonchev–Trinajstić information content (AvgIpc) is 3.05. The van der Waals surface area contributed by atoms with E-state index in [1.165, 1.54) is 38.3 Å². The second-order valence-corrected chi connectivity index (χ2v) is 8.28. The van der Waals surface area contributed by atoms with Crippen LogP contribution in [0.1, 0.15) is 18.9 Å². The fourth-order valence-corrected chi connectivity index (χ4v) is 4.76. The van der Waals surface area contributed by atoms with Crippen LogP contribution in [0.25, 0.3) is 0 Å². The Morgan fingerprint density at radius 2 is 1.89 bits per heavy atom. The third kappa shape index (κ3) is 4.62. The van der Waals surface area contributed by atoms with E-state index in [4.69, 9.17) is 0 Å². The molecule has 4 saturated heterocycles. The van der Waals surface area contributed by atoms with Gasteiger partial charge in [-0.05, 0) is 18.9 Å². The van der Waals surface area contributed by atoms with Gasteiger partial charge in [0.1, 0.15) is 0 Å². The molecular formula is C21H34N6. The number of rotatable bonds is 5. The monoisotopic (exact) mass is 370 g/mol. The Balaban J connectivity index is 1.25. The van der Waals surface area contributed by atoms with Gasteiger partial charge in [-0.2, -0.15) is 0 Å². The highest BCUT2D eigenvalue weighted by atomic mass is 15.4. The minimum absolute atomic E-state index is 0.460. The van der Waals surface area contributed by atoms with Crippen LogP contribution >= 0.6 is 0 Å². The summed E-state index contributed by atoms with van der Waals surface area (Å²) in [4.78, 5) is 12.3. The van der Waals surface area contributed by atoms with Crippen LogP contribution in [0.4, 0.5) is 0 Å². The van der Waals surface area contributed by atoms with Crippen LogP contribution in [0.15, 0.2) is 35.3 Å². The van der Waals surface area contributed by atoms with Crippen LogP contribution in [-0.2, 0) is 6.54 Å². The Morgan fingerprint density at radius 1 is 1.11 bits per heavy atom. The molecule has 0 spiro atoms. The van der Waals surface area contributed by atoms with Crippen LogP contribution < -0.4 is 10.6 Å². The van der Waals surface area contributed by atoms with Crippen molar-refractivity contribution in [3.8, 4) is 0 Å². The summed E-state index contributed by atoms with van der Waals surface area (Å²) >= 11 is 0. The Kier molecular flexibility index (Phi) is 5.95. The molecule has 0 radical (unpaired) electrons. The van der Waals surface area contributed by atoms with Gasteiger partial charge >= 0.3 is 0 Å². The Bertz CT molecular complexity index is 625. The lowest BCUT2D eigenvalue weighted by Gasteiger charge is -2.47. The fourth-order valence-electron chi connectivity index (χ4n) is 4.76. The highest BCUT2D eigenvalue weighted by molar-refractivity contribution is 5.80. The van der Waals surface area contributed by atoms with Gasteiger partial charge in [0.25, 0.3) is 0 Å². The number of hydrogen-bond donors (Lipinski definition) is 2. The molecule has 6 heteroatoms. The van der Waals surface area contributed by atoms with Gasteiger partial charge in [0.15, 0.2) is 5.96 Å². The maximum Gasteiger partial charge on any atom is 0.191 e. The minimum atomic E-state index is 0.460. The SMILES string of the molecule is CN=C(NCC1CN2CCN1CC2)NC1CC(C)N(Cc2ccccc2)C1. The largest absolute Gasteiger partial charge is 0.355 e. The second kappa shape index (κ2) is 8.59. The summed E-state index contributed by atoms with van der Waals surface area (Å²) in [5.74, 6) is 0.950. The summed E-state index contributed by atoms with van der Waals surface area (Å²) < 4.78 is 0. The molecule has 0 aliphatic carbocycles. The second-order valence-electron chi connectivity index (χ2n) is 8.28. The number of nitrogens with one attached hydrogen (secondary N) is 2. The number of guanidine groups is 1. The molecule has 2 N–H and O–H groups in total. The summed E-state index contributed by atoms with van der Waals surface area (Å²) in [7, 11) is 1.88. The van der Waals surface area contributed by atoms with E-state index in [2.05, 4.69) is 67.6 Å². The van der Waals surface area contributed by atoms with E-state index >= 15 is 0 Å². The summed E-state index contributed by atoms with van der Waals surface area (Å²) in [6, 6.07) is 12.4. The lowest BCUT2D eigenvalue weighted by molar-refractivity contribution is 0.0154. The van der Waals surface area contributed by atoms with Crippen molar-refractivity contribution >= 4 is 5.96 Å². The van der Waals surface area contributed by atoms with Crippen molar-refractivity contribution in [2.24, 2.45) is 4.99 Å². The number of fused-ring (bicyclic) bond motifs is 3. The zero-order chi connectivity index (χ0) is 18.6. The average molecular weight is 371 g/mol. The van der Waals surface area contributed by atoms with E-state index in [1.54, 1.807) is 0 Å². The molecule has 0 aromatic heterocycles. The van der Waals surface area contributed by atoms with Gasteiger partial charge < -0.3 is 10.6 Å². The van der Waals surface area contributed by atoms with E-state index < -0.39 is 0 Å². The lowest BCUT2D eigenvalue weighted by atomic mass is 10.1. The maximum atomic E-state index is 4.48. The van der Waals surface area contributed by atoms with Gasteiger partial charge in [0.2, 0.25) is 0 Å². The quantitative estimate of drug-likeness (QED) is 0.593. The van der Waals surface area contributed by atoms with Crippen LogP contribution in [0.2, 0.25) is 0 Å². The summed E-state index contributed by atoms with van der Waals surface area (Å²) in [6.45, 7) is 11.5. The van der Waals surface area contributed by atoms with Gasteiger partial charge in [-0.1, -0.05) is 30.3 Å². The summed E-state index contributed by atoms with van der Waals surface area (Å²) in [5.41, 5.74) is 1.39. The van der Waals surface area contributed by atoms with Crippen LogP contribution in [0.3, 0.4) is 0 Å². The highest BCUT2D eigenvalue weighted by Gasteiger charge is 2.32. The first-order chi connectivity index (χ1) is 13.2. The van der Waals surface area contributed by atoms with Gasteiger partial charge in [0, 0.05) is 77.5 Å². The van der Waals surface area contributed by atoms with E-state index in [0.29, 0.717) is 18.1 Å². The normalized spacial score (nSPS) is 34.0. The molecule has 27 heavy (non-hydrogen) atoms. The third-order valence-electron chi connectivity index (χ3n) is 6.39. The first kappa shape index (κ1) is 18.7. The van der Waals surface area contributed by atoms with Crippen LogP contribution in [-0.4, -0.2) is 91.6 Å². The predicted molar refractivity (Wildman–Crippen MR) is 111 cm³/mol. The van der Waals surface area contributed by atoms with Gasteiger partial charge in [-0.25, -0.2) is 0 Å². The third-order valence-corrected chi connectivity index (χ3v) is 6.39. The van der Waals surface area contributed by atoms with Crippen molar-refractivity contribution in [3.63, 3.8) is 0 Å². The molecule has 3 atom stereocenters. The zero-order valence-electron chi connectivity index (χ0n) is 16.8. The molecule has 6 nitrogen and oxygen atoms in total.